The number of benzene rings is 1. The molecule has 1 fully saturated rings. The van der Waals surface area contributed by atoms with Gasteiger partial charge in [0.05, 0.1) is 0 Å². The van der Waals surface area contributed by atoms with Gasteiger partial charge in [-0.1, -0.05) is 19.9 Å². The van der Waals surface area contributed by atoms with Crippen LogP contribution in [0.5, 0.6) is 0 Å². The highest BCUT2D eigenvalue weighted by atomic mass is 32.1. The lowest BCUT2D eigenvalue weighted by Crippen LogP contribution is -2.40. The number of anilines is 1. The van der Waals surface area contributed by atoms with E-state index in [9.17, 15) is 0 Å². The number of aryl methyl sites for hydroxylation is 2. The molecule has 0 aliphatic carbocycles. The normalized spacial score (nSPS) is 21.9. The number of nitrogens with one attached hydrogen (secondary N) is 2. The Bertz CT molecular complexity index is 519. The summed E-state index contributed by atoms with van der Waals surface area (Å²) in [5, 5.41) is 7.31. The highest BCUT2D eigenvalue weighted by Gasteiger charge is 2.20. The number of piperidine rings is 1. The Morgan fingerprint density at radius 3 is 2.52 bits per heavy atom. The maximum Gasteiger partial charge on any atom is 0.170 e. The number of hydrogen-bond acceptors (Lipinski definition) is 2. The number of thiocarbonyl (C=S) groups is 1. The van der Waals surface area contributed by atoms with Crippen molar-refractivity contribution in [1.82, 2.24) is 10.2 Å². The average Bonchev–Trinajstić information content (AvgIpc) is 2.46. The van der Waals surface area contributed by atoms with Gasteiger partial charge in [-0.05, 0) is 80.5 Å². The Morgan fingerprint density at radius 2 is 1.87 bits per heavy atom. The molecule has 128 valence electrons. The van der Waals surface area contributed by atoms with Crippen molar-refractivity contribution >= 4 is 23.0 Å². The van der Waals surface area contributed by atoms with E-state index in [1.165, 1.54) is 30.6 Å². The molecule has 1 aliphatic rings. The molecular formula is C19H31N3S. The van der Waals surface area contributed by atoms with Gasteiger partial charge in [-0.2, -0.15) is 0 Å². The van der Waals surface area contributed by atoms with Crippen LogP contribution in [0.15, 0.2) is 18.2 Å². The topological polar surface area (TPSA) is 27.3 Å². The molecule has 0 amide bonds. The number of rotatable bonds is 5. The van der Waals surface area contributed by atoms with E-state index in [-0.39, 0.29) is 0 Å². The SMILES string of the molecule is Cc1ccc(NC(=S)NCCCN2C[C@H](C)C[C@H](C)C2)cc1C. The Hall–Kier alpha value is -1.13. The molecule has 2 atom stereocenters. The van der Waals surface area contributed by atoms with E-state index in [2.05, 4.69) is 61.4 Å². The van der Waals surface area contributed by atoms with Gasteiger partial charge in [0.2, 0.25) is 0 Å². The molecular weight excluding hydrogens is 302 g/mol. The second kappa shape index (κ2) is 8.65. The minimum Gasteiger partial charge on any atom is -0.362 e. The summed E-state index contributed by atoms with van der Waals surface area (Å²) in [5.41, 5.74) is 3.65. The van der Waals surface area contributed by atoms with Crippen LogP contribution in [0.2, 0.25) is 0 Å². The fourth-order valence-corrected chi connectivity index (χ4v) is 3.69. The van der Waals surface area contributed by atoms with Crippen molar-refractivity contribution in [3.8, 4) is 0 Å². The Morgan fingerprint density at radius 1 is 1.17 bits per heavy atom. The van der Waals surface area contributed by atoms with Crippen LogP contribution in [-0.2, 0) is 0 Å². The summed E-state index contributed by atoms with van der Waals surface area (Å²) >= 11 is 5.38. The van der Waals surface area contributed by atoms with Gasteiger partial charge in [0.15, 0.2) is 5.11 Å². The van der Waals surface area contributed by atoms with Crippen LogP contribution in [0, 0.1) is 25.7 Å². The Labute approximate surface area is 146 Å². The molecule has 3 nitrogen and oxygen atoms in total. The Kier molecular flexibility index (Phi) is 6.85. The van der Waals surface area contributed by atoms with E-state index in [1.807, 2.05) is 0 Å². The van der Waals surface area contributed by atoms with Crippen LogP contribution in [0.4, 0.5) is 5.69 Å². The fourth-order valence-electron chi connectivity index (χ4n) is 3.47. The zero-order valence-corrected chi connectivity index (χ0v) is 15.8. The second-order valence-electron chi connectivity index (χ2n) is 7.24. The second-order valence-corrected chi connectivity index (χ2v) is 7.65. The smallest absolute Gasteiger partial charge is 0.170 e. The lowest BCUT2D eigenvalue weighted by atomic mass is 9.92. The van der Waals surface area contributed by atoms with Gasteiger partial charge in [0.1, 0.15) is 0 Å². The predicted octanol–water partition coefficient (Wildman–Crippen LogP) is 3.96. The summed E-state index contributed by atoms with van der Waals surface area (Å²) in [5.74, 6) is 1.67. The molecule has 0 spiro atoms. The summed E-state index contributed by atoms with van der Waals surface area (Å²) in [4.78, 5) is 2.60. The van der Waals surface area contributed by atoms with Crippen LogP contribution >= 0.6 is 12.2 Å². The molecule has 1 aromatic rings. The molecule has 1 heterocycles. The molecule has 1 aliphatic heterocycles. The maximum absolute atomic E-state index is 5.38. The van der Waals surface area contributed by atoms with Gasteiger partial charge in [-0.3, -0.25) is 0 Å². The molecule has 0 radical (unpaired) electrons. The van der Waals surface area contributed by atoms with Gasteiger partial charge in [0, 0.05) is 25.3 Å². The summed E-state index contributed by atoms with van der Waals surface area (Å²) < 4.78 is 0. The van der Waals surface area contributed by atoms with E-state index < -0.39 is 0 Å². The van der Waals surface area contributed by atoms with Gasteiger partial charge < -0.3 is 15.5 Å². The molecule has 0 aromatic heterocycles. The van der Waals surface area contributed by atoms with Crippen LogP contribution in [-0.4, -0.2) is 36.2 Å². The van der Waals surface area contributed by atoms with Gasteiger partial charge in [0.25, 0.3) is 0 Å². The maximum atomic E-state index is 5.38. The number of likely N-dealkylation sites (tertiary alicyclic amines) is 1. The first-order valence-corrected chi connectivity index (χ1v) is 9.19. The molecule has 2 rings (SSSR count). The van der Waals surface area contributed by atoms with Crippen molar-refractivity contribution in [2.24, 2.45) is 11.8 Å². The highest BCUT2D eigenvalue weighted by molar-refractivity contribution is 7.80. The summed E-state index contributed by atoms with van der Waals surface area (Å²) in [6, 6.07) is 6.34. The largest absolute Gasteiger partial charge is 0.362 e. The minimum absolute atomic E-state index is 0.716. The molecule has 1 saturated heterocycles. The fraction of sp³-hybridized carbons (Fsp3) is 0.632. The van der Waals surface area contributed by atoms with Crippen molar-refractivity contribution in [2.45, 2.75) is 40.5 Å². The van der Waals surface area contributed by atoms with Gasteiger partial charge >= 0.3 is 0 Å². The molecule has 0 saturated carbocycles. The summed E-state index contributed by atoms with van der Waals surface area (Å²) in [6.45, 7) is 13.6. The third kappa shape index (κ3) is 6.11. The van der Waals surface area contributed by atoms with Crippen molar-refractivity contribution in [1.29, 1.82) is 0 Å². The predicted molar refractivity (Wildman–Crippen MR) is 104 cm³/mol. The summed E-state index contributed by atoms with van der Waals surface area (Å²) in [6.07, 6.45) is 2.51. The molecule has 4 heteroatoms. The monoisotopic (exact) mass is 333 g/mol. The zero-order chi connectivity index (χ0) is 16.8. The van der Waals surface area contributed by atoms with Crippen molar-refractivity contribution in [3.05, 3.63) is 29.3 Å². The highest BCUT2D eigenvalue weighted by Crippen LogP contribution is 2.20. The summed E-state index contributed by atoms with van der Waals surface area (Å²) in [7, 11) is 0. The molecule has 2 N–H and O–H groups in total. The van der Waals surface area contributed by atoms with E-state index in [4.69, 9.17) is 12.2 Å². The first kappa shape index (κ1) is 18.2. The van der Waals surface area contributed by atoms with Gasteiger partial charge in [-0.15, -0.1) is 0 Å². The Balaban J connectivity index is 1.65. The standard InChI is InChI=1S/C19H31N3S/c1-14-10-15(2)13-22(12-14)9-5-8-20-19(23)21-18-7-6-16(3)17(4)11-18/h6-7,11,14-15H,5,8-10,12-13H2,1-4H3,(H2,20,21,23)/t14-,15+. The lowest BCUT2D eigenvalue weighted by Gasteiger charge is -2.35. The van der Waals surface area contributed by atoms with Crippen LogP contribution in [0.3, 0.4) is 0 Å². The van der Waals surface area contributed by atoms with Crippen LogP contribution in [0.25, 0.3) is 0 Å². The molecule has 1 aromatic carbocycles. The molecule has 23 heavy (non-hydrogen) atoms. The first-order valence-electron chi connectivity index (χ1n) is 8.78. The quantitative estimate of drug-likeness (QED) is 0.630. The third-order valence-corrected chi connectivity index (χ3v) is 4.89. The lowest BCUT2D eigenvalue weighted by molar-refractivity contribution is 0.140. The van der Waals surface area contributed by atoms with E-state index in [0.717, 1.165) is 37.0 Å². The van der Waals surface area contributed by atoms with Crippen LogP contribution < -0.4 is 10.6 Å². The third-order valence-electron chi connectivity index (χ3n) is 4.65. The van der Waals surface area contributed by atoms with E-state index in [1.54, 1.807) is 0 Å². The van der Waals surface area contributed by atoms with Crippen LogP contribution in [0.1, 0.15) is 37.8 Å². The first-order chi connectivity index (χ1) is 10.9. The number of hydrogen-bond donors (Lipinski definition) is 2. The van der Waals surface area contributed by atoms with Crippen molar-refractivity contribution < 1.29 is 0 Å². The molecule has 0 unspecified atom stereocenters. The minimum atomic E-state index is 0.716. The van der Waals surface area contributed by atoms with Gasteiger partial charge in [-0.25, -0.2) is 0 Å². The zero-order valence-electron chi connectivity index (χ0n) is 15.0. The van der Waals surface area contributed by atoms with E-state index >= 15 is 0 Å². The van der Waals surface area contributed by atoms with Crippen molar-refractivity contribution in [2.75, 3.05) is 31.5 Å². The number of nitrogens with zero attached hydrogens (tertiary/aromatic N) is 1. The van der Waals surface area contributed by atoms with Crippen molar-refractivity contribution in [3.63, 3.8) is 0 Å². The van der Waals surface area contributed by atoms with E-state index in [0.29, 0.717) is 5.11 Å². The average molecular weight is 334 g/mol. The molecule has 0 bridgehead atoms.